The second kappa shape index (κ2) is 4.65. The molecule has 1 atom stereocenters. The van der Waals surface area contributed by atoms with Crippen LogP contribution in [-0.2, 0) is 4.79 Å². The molecule has 0 saturated carbocycles. The minimum atomic E-state index is -0.990. The maximum Gasteiger partial charge on any atom is 0.331 e. The van der Waals surface area contributed by atoms with E-state index in [4.69, 9.17) is 0 Å². The van der Waals surface area contributed by atoms with Crippen LogP contribution >= 0.6 is 0 Å². The van der Waals surface area contributed by atoms with Gasteiger partial charge >= 0.3 is 5.97 Å². The first-order chi connectivity index (χ1) is 8.24. The van der Waals surface area contributed by atoms with Gasteiger partial charge in [0, 0.05) is 6.20 Å². The Hall–Kier alpha value is -2.36. The zero-order valence-electron chi connectivity index (χ0n) is 8.98. The quantitative estimate of drug-likeness (QED) is 0.815. The SMILES string of the molecule is O=Cc1cccn1[C@@H](C(=O)O)c1ccccc1. The molecule has 1 N–H and O–H groups in total. The number of nitrogens with zero attached hydrogens (tertiary/aromatic N) is 1. The van der Waals surface area contributed by atoms with Gasteiger partial charge in [-0.2, -0.15) is 0 Å². The van der Waals surface area contributed by atoms with Crippen molar-refractivity contribution >= 4 is 12.3 Å². The highest BCUT2D eigenvalue weighted by Gasteiger charge is 2.22. The third kappa shape index (κ3) is 2.10. The number of aldehydes is 1. The van der Waals surface area contributed by atoms with Gasteiger partial charge in [-0.15, -0.1) is 0 Å². The van der Waals surface area contributed by atoms with E-state index >= 15 is 0 Å². The summed E-state index contributed by atoms with van der Waals surface area (Å²) < 4.78 is 1.45. The van der Waals surface area contributed by atoms with Crippen molar-refractivity contribution in [2.75, 3.05) is 0 Å². The molecule has 0 saturated heterocycles. The lowest BCUT2D eigenvalue weighted by Crippen LogP contribution is -2.21. The summed E-state index contributed by atoms with van der Waals surface area (Å²) in [5.41, 5.74) is 0.987. The molecule has 1 aromatic heterocycles. The van der Waals surface area contributed by atoms with E-state index < -0.39 is 12.0 Å². The molecule has 2 rings (SSSR count). The number of rotatable bonds is 4. The zero-order chi connectivity index (χ0) is 12.3. The largest absolute Gasteiger partial charge is 0.479 e. The lowest BCUT2D eigenvalue weighted by molar-refractivity contribution is -0.139. The molecule has 1 heterocycles. The van der Waals surface area contributed by atoms with Gasteiger partial charge < -0.3 is 9.67 Å². The van der Waals surface area contributed by atoms with Gasteiger partial charge in [0.05, 0.1) is 5.69 Å². The molecule has 0 fully saturated rings. The molecule has 86 valence electrons. The Balaban J connectivity index is 2.51. The zero-order valence-corrected chi connectivity index (χ0v) is 8.98. The van der Waals surface area contributed by atoms with Crippen LogP contribution in [0, 0.1) is 0 Å². The molecule has 0 aliphatic heterocycles. The maximum absolute atomic E-state index is 11.3. The Kier molecular flexibility index (Phi) is 3.05. The highest BCUT2D eigenvalue weighted by molar-refractivity contribution is 5.79. The van der Waals surface area contributed by atoms with E-state index in [9.17, 15) is 14.7 Å². The van der Waals surface area contributed by atoms with E-state index in [2.05, 4.69) is 0 Å². The minimum Gasteiger partial charge on any atom is -0.479 e. The number of hydrogen-bond acceptors (Lipinski definition) is 2. The van der Waals surface area contributed by atoms with Crippen molar-refractivity contribution in [2.45, 2.75) is 6.04 Å². The predicted molar refractivity (Wildman–Crippen MR) is 62.0 cm³/mol. The van der Waals surface area contributed by atoms with Crippen LogP contribution in [0.3, 0.4) is 0 Å². The van der Waals surface area contributed by atoms with Crippen molar-refractivity contribution in [1.29, 1.82) is 0 Å². The molecule has 0 unspecified atom stereocenters. The van der Waals surface area contributed by atoms with Gasteiger partial charge in [0.15, 0.2) is 12.3 Å². The summed E-state index contributed by atoms with van der Waals surface area (Å²) in [5, 5.41) is 9.28. The van der Waals surface area contributed by atoms with E-state index in [1.807, 2.05) is 6.07 Å². The first-order valence-electron chi connectivity index (χ1n) is 5.14. The molecule has 2 aromatic rings. The monoisotopic (exact) mass is 229 g/mol. The Labute approximate surface area is 98.1 Å². The molecule has 0 aliphatic carbocycles. The average Bonchev–Trinajstić information content (AvgIpc) is 2.78. The van der Waals surface area contributed by atoms with Crippen LogP contribution in [0.2, 0.25) is 0 Å². The summed E-state index contributed by atoms with van der Waals surface area (Å²) in [6, 6.07) is 11.2. The van der Waals surface area contributed by atoms with E-state index in [-0.39, 0.29) is 0 Å². The molecule has 0 aliphatic rings. The fourth-order valence-electron chi connectivity index (χ4n) is 1.80. The highest BCUT2D eigenvalue weighted by atomic mass is 16.4. The average molecular weight is 229 g/mol. The summed E-state index contributed by atoms with van der Waals surface area (Å²) >= 11 is 0. The van der Waals surface area contributed by atoms with Crippen molar-refractivity contribution in [3.8, 4) is 0 Å². The van der Waals surface area contributed by atoms with Crippen molar-refractivity contribution in [2.24, 2.45) is 0 Å². The Morgan fingerprint density at radius 3 is 2.47 bits per heavy atom. The van der Waals surface area contributed by atoms with Crippen molar-refractivity contribution in [3.63, 3.8) is 0 Å². The van der Waals surface area contributed by atoms with Gasteiger partial charge in [-0.25, -0.2) is 4.79 Å². The van der Waals surface area contributed by atoms with Gasteiger partial charge in [0.1, 0.15) is 0 Å². The Bertz CT molecular complexity index is 531. The highest BCUT2D eigenvalue weighted by Crippen LogP contribution is 2.20. The Morgan fingerprint density at radius 1 is 1.18 bits per heavy atom. The van der Waals surface area contributed by atoms with Crippen LogP contribution in [-0.4, -0.2) is 21.9 Å². The fraction of sp³-hybridized carbons (Fsp3) is 0.0769. The lowest BCUT2D eigenvalue weighted by Gasteiger charge is -2.16. The summed E-state index contributed by atoms with van der Waals surface area (Å²) in [5.74, 6) is -0.990. The van der Waals surface area contributed by atoms with Gasteiger partial charge in [0.2, 0.25) is 0 Å². The second-order valence-electron chi connectivity index (χ2n) is 3.61. The number of carbonyl (C=O) groups is 2. The molecular weight excluding hydrogens is 218 g/mol. The van der Waals surface area contributed by atoms with E-state index in [1.165, 1.54) is 4.57 Å². The second-order valence-corrected chi connectivity index (χ2v) is 3.61. The molecule has 0 bridgehead atoms. The van der Waals surface area contributed by atoms with Crippen LogP contribution in [0.5, 0.6) is 0 Å². The predicted octanol–water partition coefficient (Wildman–Crippen LogP) is 1.97. The number of hydrogen-bond donors (Lipinski definition) is 1. The normalized spacial score (nSPS) is 12.0. The van der Waals surface area contributed by atoms with Gasteiger partial charge in [-0.3, -0.25) is 4.79 Å². The number of carboxylic acids is 1. The van der Waals surface area contributed by atoms with E-state index in [0.717, 1.165) is 0 Å². The minimum absolute atomic E-state index is 0.348. The van der Waals surface area contributed by atoms with Gasteiger partial charge in [-0.05, 0) is 17.7 Å². The number of aromatic nitrogens is 1. The molecule has 0 radical (unpaired) electrons. The lowest BCUT2D eigenvalue weighted by atomic mass is 10.1. The van der Waals surface area contributed by atoms with E-state index in [1.54, 1.807) is 42.6 Å². The molecule has 4 heteroatoms. The van der Waals surface area contributed by atoms with Crippen LogP contribution < -0.4 is 0 Å². The van der Waals surface area contributed by atoms with Gasteiger partial charge in [-0.1, -0.05) is 30.3 Å². The summed E-state index contributed by atoms with van der Waals surface area (Å²) in [6.07, 6.45) is 2.24. The number of carbonyl (C=O) groups excluding carboxylic acids is 1. The standard InChI is InChI=1S/C13H11NO3/c15-9-11-7-4-8-14(11)12(13(16)17)10-5-2-1-3-6-10/h1-9,12H,(H,16,17)/t12-/m1/s1. The number of carboxylic acid groups (broad SMARTS) is 1. The number of benzene rings is 1. The van der Waals surface area contributed by atoms with Crippen molar-refractivity contribution in [1.82, 2.24) is 4.57 Å². The van der Waals surface area contributed by atoms with Crippen molar-refractivity contribution in [3.05, 3.63) is 59.9 Å². The Morgan fingerprint density at radius 2 is 1.88 bits per heavy atom. The molecule has 1 aromatic carbocycles. The maximum atomic E-state index is 11.3. The molecule has 4 nitrogen and oxygen atoms in total. The smallest absolute Gasteiger partial charge is 0.331 e. The molecule has 0 spiro atoms. The molecular formula is C13H11NO3. The van der Waals surface area contributed by atoms with Crippen LogP contribution in [0.4, 0.5) is 0 Å². The third-order valence-corrected chi connectivity index (χ3v) is 2.56. The molecule has 17 heavy (non-hydrogen) atoms. The first-order valence-corrected chi connectivity index (χ1v) is 5.14. The van der Waals surface area contributed by atoms with Gasteiger partial charge in [0.25, 0.3) is 0 Å². The van der Waals surface area contributed by atoms with E-state index in [0.29, 0.717) is 17.5 Å². The fourth-order valence-corrected chi connectivity index (χ4v) is 1.80. The van der Waals surface area contributed by atoms with Crippen molar-refractivity contribution < 1.29 is 14.7 Å². The summed E-state index contributed by atoms with van der Waals surface area (Å²) in [6.45, 7) is 0. The topological polar surface area (TPSA) is 59.3 Å². The molecule has 0 amide bonds. The van der Waals surface area contributed by atoms with Crippen LogP contribution in [0.25, 0.3) is 0 Å². The number of aliphatic carboxylic acids is 1. The first kappa shape index (κ1) is 11.1. The third-order valence-electron chi connectivity index (χ3n) is 2.56. The van der Waals surface area contributed by atoms with Crippen LogP contribution in [0.15, 0.2) is 48.7 Å². The van der Waals surface area contributed by atoms with Crippen LogP contribution in [0.1, 0.15) is 22.1 Å². The summed E-state index contributed by atoms with van der Waals surface area (Å²) in [7, 11) is 0. The summed E-state index contributed by atoms with van der Waals surface area (Å²) in [4.78, 5) is 22.2.